The van der Waals surface area contributed by atoms with Crippen molar-refractivity contribution in [2.45, 2.75) is 329 Å². The van der Waals surface area contributed by atoms with E-state index in [-0.39, 0.29) is 31.1 Å². The van der Waals surface area contributed by atoms with Crippen LogP contribution in [0.5, 0.6) is 0 Å². The minimum absolute atomic E-state index is 0.0679. The first kappa shape index (κ1) is 62.1. The molecule has 0 N–H and O–H groups in total. The fourth-order valence-corrected chi connectivity index (χ4v) is 8.68. The van der Waals surface area contributed by atoms with E-state index in [1.165, 1.54) is 218 Å². The Kier molecular flexibility index (Phi) is 52.2. The van der Waals surface area contributed by atoms with Gasteiger partial charge in [0.2, 0.25) is 0 Å². The quantitative estimate of drug-likeness (QED) is 0.0262. The van der Waals surface area contributed by atoms with Gasteiger partial charge in [0, 0.05) is 19.3 Å². The Bertz CT molecular complexity index is 993. The fourth-order valence-electron chi connectivity index (χ4n) is 8.68. The maximum atomic E-state index is 12.8. The third-order valence-electron chi connectivity index (χ3n) is 13.0. The number of carbonyl (C=O) groups is 3. The third kappa shape index (κ3) is 51.1. The van der Waals surface area contributed by atoms with Crippen LogP contribution in [0.2, 0.25) is 0 Å². The fraction of sp³-hybridized carbons (Fsp3) is 0.914. The van der Waals surface area contributed by atoms with Gasteiger partial charge >= 0.3 is 17.9 Å². The van der Waals surface area contributed by atoms with Crippen molar-refractivity contribution in [1.29, 1.82) is 0 Å². The van der Waals surface area contributed by atoms with Crippen LogP contribution in [0.3, 0.4) is 0 Å². The SMILES string of the molecule is CCCCCCCC/C=C\CCCCCCCC(=O)OC(COC(=O)CCCCCCCCCCC)COC(=O)CCCCCCCCCCCCCCCCCCCCCCCC. The van der Waals surface area contributed by atoms with Gasteiger partial charge < -0.3 is 14.2 Å². The molecule has 0 bridgehead atoms. The van der Waals surface area contributed by atoms with Gasteiger partial charge in [-0.3, -0.25) is 14.4 Å². The normalized spacial score (nSPS) is 12.0. The van der Waals surface area contributed by atoms with Crippen molar-refractivity contribution >= 4 is 17.9 Å². The van der Waals surface area contributed by atoms with Gasteiger partial charge in [-0.25, -0.2) is 0 Å². The highest BCUT2D eigenvalue weighted by Gasteiger charge is 2.19. The lowest BCUT2D eigenvalue weighted by molar-refractivity contribution is -0.167. The summed E-state index contributed by atoms with van der Waals surface area (Å²) in [5.41, 5.74) is 0. The summed E-state index contributed by atoms with van der Waals surface area (Å²) >= 11 is 0. The van der Waals surface area contributed by atoms with Gasteiger partial charge in [-0.2, -0.15) is 0 Å². The molecule has 6 heteroatoms. The van der Waals surface area contributed by atoms with E-state index in [1.807, 2.05) is 0 Å². The Balaban J connectivity index is 4.18. The number of hydrogen-bond acceptors (Lipinski definition) is 6. The summed E-state index contributed by atoms with van der Waals surface area (Å²) in [4.78, 5) is 38.0. The van der Waals surface area contributed by atoms with Gasteiger partial charge in [0.15, 0.2) is 6.10 Å². The van der Waals surface area contributed by atoms with Crippen LogP contribution in [0.1, 0.15) is 323 Å². The highest BCUT2D eigenvalue weighted by molar-refractivity contribution is 5.71. The van der Waals surface area contributed by atoms with E-state index >= 15 is 0 Å². The Labute approximate surface area is 399 Å². The molecule has 378 valence electrons. The molecule has 0 aliphatic rings. The Morgan fingerprint density at radius 1 is 0.297 bits per heavy atom. The molecule has 0 saturated carbocycles. The Morgan fingerprint density at radius 2 is 0.516 bits per heavy atom. The van der Waals surface area contributed by atoms with E-state index in [0.29, 0.717) is 19.3 Å². The molecular formula is C58H110O6. The summed E-state index contributed by atoms with van der Waals surface area (Å²) < 4.78 is 16.8. The molecule has 0 saturated heterocycles. The monoisotopic (exact) mass is 903 g/mol. The standard InChI is InChI=1S/C58H110O6/c1-4-7-10-13-16-19-21-23-25-26-27-28-29-30-31-33-34-36-39-42-45-48-51-57(60)63-54-55(53-62-56(59)50-47-44-41-38-18-15-12-9-6-3)64-58(61)52-49-46-43-40-37-35-32-24-22-20-17-14-11-8-5-2/h24,32,55H,4-23,25-31,33-54H2,1-3H3/b32-24-. The van der Waals surface area contributed by atoms with E-state index < -0.39 is 6.10 Å². The lowest BCUT2D eigenvalue weighted by Crippen LogP contribution is -2.30. The lowest BCUT2D eigenvalue weighted by atomic mass is 10.0. The summed E-state index contributed by atoms with van der Waals surface area (Å²) in [6.07, 6.45) is 60.7. The summed E-state index contributed by atoms with van der Waals surface area (Å²) in [5, 5.41) is 0. The van der Waals surface area contributed by atoms with Crippen LogP contribution in [-0.4, -0.2) is 37.2 Å². The summed E-state index contributed by atoms with van der Waals surface area (Å²) in [6.45, 7) is 6.66. The van der Waals surface area contributed by atoms with Crippen LogP contribution < -0.4 is 0 Å². The molecule has 6 nitrogen and oxygen atoms in total. The molecule has 0 radical (unpaired) electrons. The average Bonchev–Trinajstić information content (AvgIpc) is 3.29. The van der Waals surface area contributed by atoms with Crippen LogP contribution in [0.25, 0.3) is 0 Å². The predicted molar refractivity (Wildman–Crippen MR) is 275 cm³/mol. The molecular weight excluding hydrogens is 793 g/mol. The van der Waals surface area contributed by atoms with E-state index in [1.54, 1.807) is 0 Å². The molecule has 0 heterocycles. The van der Waals surface area contributed by atoms with Crippen molar-refractivity contribution in [2.24, 2.45) is 0 Å². The minimum Gasteiger partial charge on any atom is -0.462 e. The molecule has 0 aliphatic carbocycles. The maximum absolute atomic E-state index is 12.8. The average molecular weight is 904 g/mol. The van der Waals surface area contributed by atoms with Gasteiger partial charge in [0.05, 0.1) is 0 Å². The zero-order valence-electron chi connectivity index (χ0n) is 43.3. The summed E-state index contributed by atoms with van der Waals surface area (Å²) in [6, 6.07) is 0. The molecule has 0 rings (SSSR count). The second kappa shape index (κ2) is 53.8. The first-order valence-corrected chi connectivity index (χ1v) is 28.7. The van der Waals surface area contributed by atoms with Crippen molar-refractivity contribution in [3.63, 3.8) is 0 Å². The van der Waals surface area contributed by atoms with E-state index in [9.17, 15) is 14.4 Å². The molecule has 0 fully saturated rings. The van der Waals surface area contributed by atoms with Crippen molar-refractivity contribution in [2.75, 3.05) is 13.2 Å². The number of hydrogen-bond donors (Lipinski definition) is 0. The van der Waals surface area contributed by atoms with Crippen molar-refractivity contribution in [3.8, 4) is 0 Å². The van der Waals surface area contributed by atoms with Crippen LogP contribution in [-0.2, 0) is 28.6 Å². The first-order chi connectivity index (χ1) is 31.5. The van der Waals surface area contributed by atoms with Crippen LogP contribution in [0.4, 0.5) is 0 Å². The smallest absolute Gasteiger partial charge is 0.306 e. The zero-order chi connectivity index (χ0) is 46.5. The summed E-state index contributed by atoms with van der Waals surface area (Å²) in [5.74, 6) is -0.858. The van der Waals surface area contributed by atoms with Crippen LogP contribution >= 0.6 is 0 Å². The lowest BCUT2D eigenvalue weighted by Gasteiger charge is -2.18. The molecule has 0 spiro atoms. The van der Waals surface area contributed by atoms with E-state index in [2.05, 4.69) is 32.9 Å². The van der Waals surface area contributed by atoms with Crippen LogP contribution in [0.15, 0.2) is 12.2 Å². The molecule has 0 aromatic heterocycles. The second-order valence-corrected chi connectivity index (χ2v) is 19.6. The largest absolute Gasteiger partial charge is 0.462 e. The first-order valence-electron chi connectivity index (χ1n) is 28.7. The molecule has 0 aromatic rings. The van der Waals surface area contributed by atoms with Gasteiger partial charge in [-0.1, -0.05) is 270 Å². The van der Waals surface area contributed by atoms with Crippen LogP contribution in [0, 0.1) is 0 Å². The second-order valence-electron chi connectivity index (χ2n) is 19.6. The number of esters is 3. The number of rotatable bonds is 53. The van der Waals surface area contributed by atoms with Crippen molar-refractivity contribution in [3.05, 3.63) is 12.2 Å². The molecule has 64 heavy (non-hydrogen) atoms. The van der Waals surface area contributed by atoms with Gasteiger partial charge in [-0.15, -0.1) is 0 Å². The van der Waals surface area contributed by atoms with Crippen molar-refractivity contribution < 1.29 is 28.6 Å². The van der Waals surface area contributed by atoms with Gasteiger partial charge in [0.25, 0.3) is 0 Å². The Morgan fingerprint density at radius 3 is 0.781 bits per heavy atom. The third-order valence-corrected chi connectivity index (χ3v) is 13.0. The maximum Gasteiger partial charge on any atom is 0.306 e. The molecule has 1 atom stereocenters. The molecule has 0 aromatic carbocycles. The predicted octanol–water partition coefficient (Wildman–Crippen LogP) is 18.9. The number of unbranched alkanes of at least 4 members (excludes halogenated alkanes) is 40. The highest BCUT2D eigenvalue weighted by Crippen LogP contribution is 2.17. The zero-order valence-corrected chi connectivity index (χ0v) is 43.3. The van der Waals surface area contributed by atoms with E-state index in [4.69, 9.17) is 14.2 Å². The number of ether oxygens (including phenoxy) is 3. The molecule has 0 amide bonds. The van der Waals surface area contributed by atoms with E-state index in [0.717, 1.165) is 64.2 Å². The number of carbonyl (C=O) groups excluding carboxylic acids is 3. The Hall–Kier alpha value is -1.85. The van der Waals surface area contributed by atoms with Crippen molar-refractivity contribution in [1.82, 2.24) is 0 Å². The molecule has 1 unspecified atom stereocenters. The highest BCUT2D eigenvalue weighted by atomic mass is 16.6. The number of allylic oxidation sites excluding steroid dienone is 2. The topological polar surface area (TPSA) is 78.9 Å². The van der Waals surface area contributed by atoms with Gasteiger partial charge in [0.1, 0.15) is 13.2 Å². The van der Waals surface area contributed by atoms with Gasteiger partial charge in [-0.05, 0) is 44.9 Å². The summed E-state index contributed by atoms with van der Waals surface area (Å²) in [7, 11) is 0. The minimum atomic E-state index is -0.767. The molecule has 0 aliphatic heterocycles.